The minimum Gasteiger partial charge on any atom is -0.488 e. The number of rotatable bonds is 2. The average Bonchev–Trinajstić information content (AvgIpc) is 2.51. The third-order valence-corrected chi connectivity index (χ3v) is 3.54. The number of ether oxygens (including phenoxy) is 1. The van der Waals surface area contributed by atoms with E-state index in [9.17, 15) is 4.79 Å². The van der Waals surface area contributed by atoms with Crippen molar-refractivity contribution in [2.24, 2.45) is 0 Å². The summed E-state index contributed by atoms with van der Waals surface area (Å²) in [5.74, 6) is 0.738. The van der Waals surface area contributed by atoms with Gasteiger partial charge in [0.15, 0.2) is 5.78 Å². The molecule has 0 atom stereocenters. The Balaban J connectivity index is 1.91. The van der Waals surface area contributed by atoms with Gasteiger partial charge in [-0.25, -0.2) is 0 Å². The first-order valence-corrected chi connectivity index (χ1v) is 6.84. The normalized spacial score (nSPS) is 15.8. The maximum Gasteiger partial charge on any atom is 0.196 e. The van der Waals surface area contributed by atoms with Crippen molar-refractivity contribution in [1.82, 2.24) is 0 Å². The summed E-state index contributed by atoms with van der Waals surface area (Å²) in [6.45, 7) is 2.47. The summed E-state index contributed by atoms with van der Waals surface area (Å²) in [7, 11) is 0. The van der Waals surface area contributed by atoms with Crippen LogP contribution in [0.3, 0.4) is 0 Å². The lowest BCUT2D eigenvalue weighted by Gasteiger charge is -2.18. The van der Waals surface area contributed by atoms with Crippen molar-refractivity contribution in [2.45, 2.75) is 13.3 Å². The van der Waals surface area contributed by atoms with Gasteiger partial charge in [-0.3, -0.25) is 4.79 Å². The molecule has 100 valence electrons. The zero-order valence-electron chi connectivity index (χ0n) is 11.4. The van der Waals surface area contributed by atoms with Gasteiger partial charge >= 0.3 is 0 Å². The highest BCUT2D eigenvalue weighted by Gasteiger charge is 2.22. The van der Waals surface area contributed by atoms with Gasteiger partial charge in [0, 0.05) is 5.57 Å². The van der Waals surface area contributed by atoms with Gasteiger partial charge in [-0.1, -0.05) is 43.3 Å². The van der Waals surface area contributed by atoms with Crippen molar-refractivity contribution < 1.29 is 9.53 Å². The number of ketones is 1. The van der Waals surface area contributed by atoms with E-state index in [1.165, 1.54) is 5.56 Å². The van der Waals surface area contributed by atoms with Gasteiger partial charge in [-0.15, -0.1) is 0 Å². The highest BCUT2D eigenvalue weighted by atomic mass is 16.5. The molecule has 0 saturated carbocycles. The number of fused-ring (bicyclic) bond motifs is 1. The number of aryl methyl sites for hydroxylation is 1. The molecule has 0 N–H and O–H groups in total. The molecule has 2 nitrogen and oxygen atoms in total. The Morgan fingerprint density at radius 1 is 1.10 bits per heavy atom. The van der Waals surface area contributed by atoms with Crippen LogP contribution in [0.25, 0.3) is 6.08 Å². The van der Waals surface area contributed by atoms with Crippen molar-refractivity contribution in [3.05, 3.63) is 70.8 Å². The number of hydrogen-bond acceptors (Lipinski definition) is 2. The third-order valence-electron chi connectivity index (χ3n) is 3.54. The number of benzene rings is 2. The van der Waals surface area contributed by atoms with Crippen LogP contribution in [-0.4, -0.2) is 12.4 Å². The summed E-state index contributed by atoms with van der Waals surface area (Å²) in [6.07, 6.45) is 2.93. The summed E-state index contributed by atoms with van der Waals surface area (Å²) in [6, 6.07) is 15.6. The Kier molecular flexibility index (Phi) is 3.38. The largest absolute Gasteiger partial charge is 0.488 e. The maximum absolute atomic E-state index is 12.4. The lowest BCUT2D eigenvalue weighted by atomic mass is 9.98. The number of hydrogen-bond donors (Lipinski definition) is 0. The minimum atomic E-state index is 0.0615. The smallest absolute Gasteiger partial charge is 0.196 e. The van der Waals surface area contributed by atoms with Crippen molar-refractivity contribution in [3.8, 4) is 5.75 Å². The van der Waals surface area contributed by atoms with Crippen LogP contribution in [0.15, 0.2) is 54.1 Å². The molecule has 1 aliphatic heterocycles. The standard InChI is InChI=1S/C18H16O2/c1-2-13-7-9-14(10-8-13)11-15-12-20-17-6-4-3-5-16(17)18(15)19/h3-11H,2,12H2,1H3/b15-11-. The molecule has 0 aliphatic carbocycles. The predicted octanol–water partition coefficient (Wildman–Crippen LogP) is 3.91. The molecule has 2 aromatic carbocycles. The second kappa shape index (κ2) is 5.33. The van der Waals surface area contributed by atoms with E-state index >= 15 is 0 Å². The SMILES string of the molecule is CCc1ccc(/C=C2/COc3ccccc3C2=O)cc1. The quantitative estimate of drug-likeness (QED) is 0.769. The van der Waals surface area contributed by atoms with Gasteiger partial charge in [-0.05, 0) is 35.8 Å². The summed E-state index contributed by atoms with van der Waals surface area (Å²) >= 11 is 0. The number of carbonyl (C=O) groups is 1. The maximum atomic E-state index is 12.4. The Morgan fingerprint density at radius 3 is 2.60 bits per heavy atom. The summed E-state index contributed by atoms with van der Waals surface area (Å²) in [5, 5.41) is 0. The van der Waals surface area contributed by atoms with Crippen LogP contribution in [0.5, 0.6) is 5.75 Å². The van der Waals surface area contributed by atoms with Gasteiger partial charge in [0.1, 0.15) is 12.4 Å². The summed E-state index contributed by atoms with van der Waals surface area (Å²) in [4.78, 5) is 12.4. The van der Waals surface area contributed by atoms with E-state index in [4.69, 9.17) is 4.74 Å². The van der Waals surface area contributed by atoms with Gasteiger partial charge in [-0.2, -0.15) is 0 Å². The molecule has 0 amide bonds. The highest BCUT2D eigenvalue weighted by molar-refractivity contribution is 6.14. The molecule has 0 unspecified atom stereocenters. The molecule has 0 bridgehead atoms. The Morgan fingerprint density at radius 2 is 1.85 bits per heavy atom. The molecule has 2 heteroatoms. The van der Waals surface area contributed by atoms with E-state index in [-0.39, 0.29) is 5.78 Å². The van der Waals surface area contributed by atoms with Gasteiger partial charge in [0.2, 0.25) is 0 Å². The van der Waals surface area contributed by atoms with Gasteiger partial charge in [0.25, 0.3) is 0 Å². The topological polar surface area (TPSA) is 26.3 Å². The summed E-state index contributed by atoms with van der Waals surface area (Å²) < 4.78 is 5.63. The first-order chi connectivity index (χ1) is 9.78. The molecule has 0 aromatic heterocycles. The van der Waals surface area contributed by atoms with E-state index in [0.717, 1.165) is 12.0 Å². The molecule has 1 aliphatic rings. The minimum absolute atomic E-state index is 0.0615. The van der Waals surface area contributed by atoms with Crippen LogP contribution in [0.1, 0.15) is 28.4 Å². The van der Waals surface area contributed by atoms with Crippen LogP contribution >= 0.6 is 0 Å². The Bertz CT molecular complexity index is 666. The Hall–Kier alpha value is -2.35. The fourth-order valence-electron chi connectivity index (χ4n) is 2.33. The van der Waals surface area contributed by atoms with Crippen LogP contribution < -0.4 is 4.74 Å². The van der Waals surface area contributed by atoms with E-state index in [2.05, 4.69) is 19.1 Å². The van der Waals surface area contributed by atoms with E-state index in [0.29, 0.717) is 23.5 Å². The lowest BCUT2D eigenvalue weighted by molar-refractivity contribution is 0.100. The third kappa shape index (κ3) is 2.37. The fraction of sp³-hybridized carbons (Fsp3) is 0.167. The molecule has 20 heavy (non-hydrogen) atoms. The predicted molar refractivity (Wildman–Crippen MR) is 80.1 cm³/mol. The molecule has 0 fully saturated rings. The van der Waals surface area contributed by atoms with E-state index in [1.807, 2.05) is 42.5 Å². The monoisotopic (exact) mass is 264 g/mol. The molecule has 3 rings (SSSR count). The first kappa shape index (κ1) is 12.7. The Labute approximate surface area is 118 Å². The number of para-hydroxylation sites is 1. The average molecular weight is 264 g/mol. The zero-order valence-corrected chi connectivity index (χ0v) is 11.4. The molecule has 0 saturated heterocycles. The highest BCUT2D eigenvalue weighted by Crippen LogP contribution is 2.27. The molecule has 0 spiro atoms. The van der Waals surface area contributed by atoms with Crippen LogP contribution in [0, 0.1) is 0 Å². The molecular formula is C18H16O2. The van der Waals surface area contributed by atoms with Crippen molar-refractivity contribution in [2.75, 3.05) is 6.61 Å². The second-order valence-electron chi connectivity index (χ2n) is 4.88. The fourth-order valence-corrected chi connectivity index (χ4v) is 2.33. The van der Waals surface area contributed by atoms with Crippen LogP contribution in [-0.2, 0) is 6.42 Å². The van der Waals surface area contributed by atoms with Gasteiger partial charge < -0.3 is 4.74 Å². The van der Waals surface area contributed by atoms with E-state index < -0.39 is 0 Å². The number of Topliss-reactive ketones (excluding diaryl/α,β-unsaturated/α-hetero) is 1. The van der Waals surface area contributed by atoms with Crippen molar-refractivity contribution >= 4 is 11.9 Å². The molecule has 1 heterocycles. The molecular weight excluding hydrogens is 248 g/mol. The van der Waals surface area contributed by atoms with E-state index in [1.54, 1.807) is 0 Å². The lowest BCUT2D eigenvalue weighted by Crippen LogP contribution is -2.18. The van der Waals surface area contributed by atoms with Crippen LogP contribution in [0.2, 0.25) is 0 Å². The summed E-state index contributed by atoms with van der Waals surface area (Å²) in [5.41, 5.74) is 3.68. The first-order valence-electron chi connectivity index (χ1n) is 6.84. The second-order valence-corrected chi connectivity index (χ2v) is 4.88. The number of carbonyl (C=O) groups excluding carboxylic acids is 1. The van der Waals surface area contributed by atoms with Crippen molar-refractivity contribution in [1.29, 1.82) is 0 Å². The molecule has 2 aromatic rings. The van der Waals surface area contributed by atoms with Crippen LogP contribution in [0.4, 0.5) is 0 Å². The zero-order chi connectivity index (χ0) is 13.9. The van der Waals surface area contributed by atoms with Gasteiger partial charge in [0.05, 0.1) is 5.56 Å². The molecule has 0 radical (unpaired) electrons. The van der Waals surface area contributed by atoms with Crippen molar-refractivity contribution in [3.63, 3.8) is 0 Å².